The van der Waals surface area contributed by atoms with Crippen molar-refractivity contribution in [3.63, 3.8) is 0 Å². The van der Waals surface area contributed by atoms with E-state index >= 15 is 0 Å². The topological polar surface area (TPSA) is 54.5 Å². The van der Waals surface area contributed by atoms with Crippen LogP contribution in [0.15, 0.2) is 28.7 Å². The molecule has 1 unspecified atom stereocenters. The normalized spacial score (nSPS) is 13.1. The number of benzene rings is 1. The number of rotatable bonds is 5. The number of sulfone groups is 1. The van der Waals surface area contributed by atoms with E-state index in [0.29, 0.717) is 16.6 Å². The van der Waals surface area contributed by atoms with Crippen LogP contribution in [0.25, 0.3) is 0 Å². The minimum Gasteiger partial charge on any atom is -0.335 e. The summed E-state index contributed by atoms with van der Waals surface area (Å²) in [6, 6.07) is 6.79. The smallest absolute Gasteiger partial charge is 0.255 e. The predicted octanol–water partition coefficient (Wildman–Crippen LogP) is 2.34. The minimum absolute atomic E-state index is 0.0307. The van der Waals surface area contributed by atoms with Crippen LogP contribution >= 0.6 is 15.9 Å². The van der Waals surface area contributed by atoms with Crippen molar-refractivity contribution in [1.29, 1.82) is 0 Å². The number of nitrogens with zero attached hydrogens (tertiary/aromatic N) is 1. The fourth-order valence-electron chi connectivity index (χ4n) is 1.97. The second kappa shape index (κ2) is 6.52. The third kappa shape index (κ3) is 4.62. The summed E-state index contributed by atoms with van der Waals surface area (Å²) in [5, 5.41) is 0. The van der Waals surface area contributed by atoms with E-state index in [1.54, 1.807) is 30.0 Å². The lowest BCUT2D eigenvalue weighted by Crippen LogP contribution is -2.42. The Morgan fingerprint density at radius 2 is 1.95 bits per heavy atom. The fraction of sp³-hybridized carbons (Fsp3) is 0.462. The number of carbonyl (C=O) groups excluding carboxylic acids is 1. The van der Waals surface area contributed by atoms with E-state index in [1.807, 2.05) is 13.0 Å². The standard InChI is InChI=1S/C13H18BrNO3S/c1-4-15(10(2)9-19(3,17)18)13(16)11-7-5-6-8-12(11)14/h5-8,10H,4,9H2,1-3H3. The summed E-state index contributed by atoms with van der Waals surface area (Å²) in [5.74, 6) is -0.192. The van der Waals surface area contributed by atoms with Gasteiger partial charge in [0.2, 0.25) is 0 Å². The molecule has 1 aromatic carbocycles. The zero-order valence-electron chi connectivity index (χ0n) is 11.3. The van der Waals surface area contributed by atoms with Crippen molar-refractivity contribution in [2.45, 2.75) is 19.9 Å². The highest BCUT2D eigenvalue weighted by molar-refractivity contribution is 9.10. The van der Waals surface area contributed by atoms with Crippen LogP contribution in [0.2, 0.25) is 0 Å². The summed E-state index contributed by atoms with van der Waals surface area (Å²) < 4.78 is 23.4. The first-order valence-electron chi connectivity index (χ1n) is 5.99. The Morgan fingerprint density at radius 3 is 2.42 bits per heavy atom. The lowest BCUT2D eigenvalue weighted by Gasteiger charge is -2.28. The van der Waals surface area contributed by atoms with E-state index in [9.17, 15) is 13.2 Å². The molecule has 1 rings (SSSR count). The molecule has 0 radical (unpaired) electrons. The van der Waals surface area contributed by atoms with Crippen LogP contribution in [0.5, 0.6) is 0 Å². The quantitative estimate of drug-likeness (QED) is 0.821. The minimum atomic E-state index is -3.11. The highest BCUT2D eigenvalue weighted by atomic mass is 79.9. The van der Waals surface area contributed by atoms with Gasteiger partial charge in [-0.2, -0.15) is 0 Å². The van der Waals surface area contributed by atoms with Gasteiger partial charge in [-0.1, -0.05) is 12.1 Å². The molecule has 19 heavy (non-hydrogen) atoms. The molecule has 0 N–H and O–H groups in total. The summed E-state index contributed by atoms with van der Waals surface area (Å²) in [7, 11) is -3.11. The third-order valence-corrected chi connectivity index (χ3v) is 4.56. The molecule has 0 aromatic heterocycles. The molecule has 0 aliphatic carbocycles. The Labute approximate surface area is 122 Å². The van der Waals surface area contributed by atoms with Gasteiger partial charge in [0.1, 0.15) is 9.84 Å². The van der Waals surface area contributed by atoms with Crippen LogP contribution in [0.3, 0.4) is 0 Å². The molecule has 0 heterocycles. The van der Waals surface area contributed by atoms with Gasteiger partial charge in [-0.3, -0.25) is 4.79 Å². The Hall–Kier alpha value is -0.880. The summed E-state index contributed by atoms with van der Waals surface area (Å²) in [6.45, 7) is 4.06. The maximum absolute atomic E-state index is 12.4. The largest absolute Gasteiger partial charge is 0.335 e. The van der Waals surface area contributed by atoms with Crippen LogP contribution in [0.1, 0.15) is 24.2 Å². The zero-order valence-corrected chi connectivity index (χ0v) is 13.7. The number of hydrogen-bond acceptors (Lipinski definition) is 3. The molecule has 106 valence electrons. The maximum Gasteiger partial charge on any atom is 0.255 e. The van der Waals surface area contributed by atoms with Crippen molar-refractivity contribution >= 4 is 31.7 Å². The Morgan fingerprint density at radius 1 is 1.37 bits per heavy atom. The highest BCUT2D eigenvalue weighted by Crippen LogP contribution is 2.19. The van der Waals surface area contributed by atoms with Crippen molar-refractivity contribution < 1.29 is 13.2 Å². The van der Waals surface area contributed by atoms with E-state index in [1.165, 1.54) is 6.26 Å². The summed E-state index contributed by atoms with van der Waals surface area (Å²) in [5.41, 5.74) is 0.546. The zero-order chi connectivity index (χ0) is 14.6. The Bertz CT molecular complexity index is 557. The summed E-state index contributed by atoms with van der Waals surface area (Å²) in [6.07, 6.45) is 1.18. The molecule has 1 aromatic rings. The van der Waals surface area contributed by atoms with E-state index in [2.05, 4.69) is 15.9 Å². The van der Waals surface area contributed by atoms with Gasteiger partial charge in [-0.25, -0.2) is 8.42 Å². The molecular formula is C13H18BrNO3S. The second-order valence-electron chi connectivity index (χ2n) is 4.51. The van der Waals surface area contributed by atoms with Gasteiger partial charge >= 0.3 is 0 Å². The molecule has 0 spiro atoms. The van der Waals surface area contributed by atoms with Crippen LogP contribution < -0.4 is 0 Å². The van der Waals surface area contributed by atoms with Crippen LogP contribution in [-0.2, 0) is 9.84 Å². The van der Waals surface area contributed by atoms with Crippen molar-refractivity contribution in [2.75, 3.05) is 18.6 Å². The average molecular weight is 348 g/mol. The summed E-state index contributed by atoms with van der Waals surface area (Å²) >= 11 is 3.34. The van der Waals surface area contributed by atoms with Crippen LogP contribution in [0, 0.1) is 0 Å². The lowest BCUT2D eigenvalue weighted by molar-refractivity contribution is 0.0718. The SMILES string of the molecule is CCN(C(=O)c1ccccc1Br)C(C)CS(C)(=O)=O. The van der Waals surface area contributed by atoms with Crippen molar-refractivity contribution in [3.8, 4) is 0 Å². The molecular weight excluding hydrogens is 330 g/mol. The molecule has 0 bridgehead atoms. The highest BCUT2D eigenvalue weighted by Gasteiger charge is 2.24. The fourth-order valence-corrected chi connectivity index (χ4v) is 3.48. The van der Waals surface area contributed by atoms with E-state index in [0.717, 1.165) is 0 Å². The van der Waals surface area contributed by atoms with Gasteiger partial charge < -0.3 is 4.90 Å². The van der Waals surface area contributed by atoms with Crippen molar-refractivity contribution in [3.05, 3.63) is 34.3 Å². The molecule has 4 nitrogen and oxygen atoms in total. The monoisotopic (exact) mass is 347 g/mol. The van der Waals surface area contributed by atoms with Crippen LogP contribution in [0.4, 0.5) is 0 Å². The first kappa shape index (κ1) is 16.2. The Balaban J connectivity index is 2.98. The molecule has 1 amide bonds. The van der Waals surface area contributed by atoms with Gasteiger partial charge in [-0.15, -0.1) is 0 Å². The molecule has 0 saturated heterocycles. The van der Waals surface area contributed by atoms with Gasteiger partial charge in [0.05, 0.1) is 11.3 Å². The lowest BCUT2D eigenvalue weighted by atomic mass is 10.1. The summed E-state index contributed by atoms with van der Waals surface area (Å²) in [4.78, 5) is 14.0. The van der Waals surface area contributed by atoms with Crippen LogP contribution in [-0.4, -0.2) is 43.8 Å². The van der Waals surface area contributed by atoms with Gasteiger partial charge in [0, 0.05) is 23.3 Å². The van der Waals surface area contributed by atoms with Gasteiger partial charge in [0.25, 0.3) is 5.91 Å². The predicted molar refractivity (Wildman–Crippen MR) is 80.0 cm³/mol. The molecule has 0 saturated carbocycles. The van der Waals surface area contributed by atoms with Crippen molar-refractivity contribution in [2.24, 2.45) is 0 Å². The average Bonchev–Trinajstić information content (AvgIpc) is 2.27. The number of carbonyl (C=O) groups is 1. The third-order valence-electron chi connectivity index (χ3n) is 2.78. The maximum atomic E-state index is 12.4. The first-order chi connectivity index (χ1) is 8.76. The number of halogens is 1. The second-order valence-corrected chi connectivity index (χ2v) is 7.55. The van der Waals surface area contributed by atoms with E-state index in [-0.39, 0.29) is 17.7 Å². The molecule has 0 aliphatic rings. The molecule has 1 atom stereocenters. The van der Waals surface area contributed by atoms with Gasteiger partial charge in [-0.05, 0) is 41.9 Å². The molecule has 6 heteroatoms. The van der Waals surface area contributed by atoms with E-state index in [4.69, 9.17) is 0 Å². The van der Waals surface area contributed by atoms with Gasteiger partial charge in [0.15, 0.2) is 0 Å². The number of hydrogen-bond donors (Lipinski definition) is 0. The van der Waals surface area contributed by atoms with E-state index < -0.39 is 9.84 Å². The molecule has 0 fully saturated rings. The Kier molecular flexibility index (Phi) is 5.55. The first-order valence-corrected chi connectivity index (χ1v) is 8.84. The molecule has 0 aliphatic heterocycles. The number of amides is 1. The van der Waals surface area contributed by atoms with Crippen molar-refractivity contribution in [1.82, 2.24) is 4.90 Å².